The van der Waals surface area contributed by atoms with Gasteiger partial charge < -0.3 is 9.71 Å². The average Bonchev–Trinajstić information content (AvgIpc) is 3.91. The average molecular weight is 945 g/mol. The first-order chi connectivity index (χ1) is 34.8. The monoisotopic (exact) mass is 944 g/mol. The smallest absolute Gasteiger partial charge is 0.334 e. The van der Waals surface area contributed by atoms with Crippen molar-refractivity contribution >= 4 is 77.7 Å². The first kappa shape index (κ1) is 42.5. The summed E-state index contributed by atoms with van der Waals surface area (Å²) in [5.41, 5.74) is 27.6. The van der Waals surface area contributed by atoms with Crippen molar-refractivity contribution < 1.29 is 0 Å². The fourth-order valence-electron chi connectivity index (χ4n) is 14.4. The van der Waals surface area contributed by atoms with Crippen LogP contribution in [-0.2, 0) is 21.7 Å². The molecule has 4 heteroatoms. The molecule has 1 aromatic heterocycles. The normalized spacial score (nSPS) is 16.8. The number of nitrogens with zero attached hydrogens (tertiary/aromatic N) is 2. The Kier molecular flexibility index (Phi) is 8.45. The van der Waals surface area contributed by atoms with E-state index >= 15 is 0 Å². The van der Waals surface area contributed by atoms with Gasteiger partial charge in [-0.05, 0) is 156 Å². The Balaban J connectivity index is 1.10. The first-order valence-electron chi connectivity index (χ1n) is 26.2. The van der Waals surface area contributed by atoms with Gasteiger partial charge in [-0.15, -0.1) is 11.3 Å². The number of thiophene rings is 1. The Morgan fingerprint density at radius 3 is 1.82 bits per heavy atom. The quantitative estimate of drug-likeness (QED) is 0.159. The van der Waals surface area contributed by atoms with Crippen LogP contribution in [0, 0.1) is 6.92 Å². The lowest BCUT2D eigenvalue weighted by atomic mass is 9.42. The number of anilines is 5. The molecule has 2 nitrogen and oxygen atoms in total. The zero-order valence-electron chi connectivity index (χ0n) is 42.5. The largest absolute Gasteiger partial charge is 0.376 e. The van der Waals surface area contributed by atoms with E-state index in [9.17, 15) is 0 Å². The van der Waals surface area contributed by atoms with Crippen molar-refractivity contribution in [3.63, 3.8) is 0 Å². The predicted molar refractivity (Wildman–Crippen MR) is 308 cm³/mol. The summed E-state index contributed by atoms with van der Waals surface area (Å²) in [5, 5.41) is 2.75. The SMILES string of the molecule is Cc1cc2c3c(c1)N(c1ccc(C(C)(C)C)cc1-c1ccccc1)c1ccc4c(sc5cc6c(cc54)C(C)(C)CCC6(C)C)c1B3N1c3ccccc3C3(c4ccccc4-c4ccccc43)c3cccc-2c31. The third-order valence-electron chi connectivity index (χ3n) is 17.9. The Morgan fingerprint density at radius 1 is 0.472 bits per heavy atom. The first-order valence-corrected chi connectivity index (χ1v) is 27.0. The summed E-state index contributed by atoms with van der Waals surface area (Å²) in [5.74, 6) is 0. The van der Waals surface area contributed by atoms with E-state index in [1.54, 1.807) is 0 Å². The molecule has 0 bridgehead atoms. The van der Waals surface area contributed by atoms with Gasteiger partial charge >= 0.3 is 6.85 Å². The lowest BCUT2D eigenvalue weighted by molar-refractivity contribution is 0.332. The second-order valence-electron chi connectivity index (χ2n) is 23.9. The van der Waals surface area contributed by atoms with E-state index in [0.717, 1.165) is 0 Å². The van der Waals surface area contributed by atoms with Gasteiger partial charge in [0.25, 0.3) is 0 Å². The highest BCUT2D eigenvalue weighted by atomic mass is 32.1. The van der Waals surface area contributed by atoms with Crippen molar-refractivity contribution in [3.05, 3.63) is 220 Å². The zero-order chi connectivity index (χ0) is 48.8. The van der Waals surface area contributed by atoms with Gasteiger partial charge in [0.2, 0.25) is 0 Å². The zero-order valence-corrected chi connectivity index (χ0v) is 43.4. The summed E-state index contributed by atoms with van der Waals surface area (Å²) in [4.78, 5) is 5.48. The molecule has 4 heterocycles. The summed E-state index contributed by atoms with van der Waals surface area (Å²) in [6.45, 7) is 19.1. The van der Waals surface area contributed by atoms with Crippen molar-refractivity contribution in [3.8, 4) is 33.4 Å². The van der Waals surface area contributed by atoms with Crippen LogP contribution in [0.2, 0.25) is 0 Å². The molecule has 10 aromatic rings. The summed E-state index contributed by atoms with van der Waals surface area (Å²) in [6.07, 6.45) is 2.38. The summed E-state index contributed by atoms with van der Waals surface area (Å²) < 4.78 is 2.77. The molecule has 0 fully saturated rings. The molecule has 15 rings (SSSR count). The maximum absolute atomic E-state index is 2.81. The molecular weight excluding hydrogens is 888 g/mol. The van der Waals surface area contributed by atoms with Crippen LogP contribution in [0.1, 0.15) is 106 Å². The molecule has 0 amide bonds. The molecule has 5 aliphatic rings. The van der Waals surface area contributed by atoms with Crippen LogP contribution in [0.3, 0.4) is 0 Å². The molecule has 0 N–H and O–H groups in total. The lowest BCUT2D eigenvalue weighted by Gasteiger charge is -2.52. The van der Waals surface area contributed by atoms with Crippen LogP contribution in [-0.4, -0.2) is 6.85 Å². The fraction of sp³-hybridized carbons (Fsp3) is 0.206. The predicted octanol–water partition coefficient (Wildman–Crippen LogP) is 17.1. The molecule has 0 unspecified atom stereocenters. The third-order valence-corrected chi connectivity index (χ3v) is 19.1. The topological polar surface area (TPSA) is 6.48 Å². The van der Waals surface area contributed by atoms with Gasteiger partial charge in [-0.25, -0.2) is 0 Å². The molecule has 1 spiro atoms. The minimum Gasteiger partial charge on any atom is -0.376 e. The molecule has 3 aliphatic heterocycles. The third kappa shape index (κ3) is 5.41. The minimum atomic E-state index is -0.499. The van der Waals surface area contributed by atoms with E-state index in [0.29, 0.717) is 0 Å². The summed E-state index contributed by atoms with van der Waals surface area (Å²) >= 11 is 2.02. The molecule has 2 aliphatic carbocycles. The summed E-state index contributed by atoms with van der Waals surface area (Å²) in [7, 11) is 0. The van der Waals surface area contributed by atoms with Crippen molar-refractivity contribution in [2.24, 2.45) is 0 Å². The molecule has 348 valence electrons. The van der Waals surface area contributed by atoms with E-state index in [4.69, 9.17) is 0 Å². The van der Waals surface area contributed by atoms with Crippen LogP contribution < -0.4 is 20.6 Å². The maximum atomic E-state index is 2.81. The van der Waals surface area contributed by atoms with Gasteiger partial charge in [0, 0.05) is 54.0 Å². The number of rotatable bonds is 2. The fourth-order valence-corrected chi connectivity index (χ4v) is 15.6. The maximum Gasteiger partial charge on any atom is 0.334 e. The van der Waals surface area contributed by atoms with Gasteiger partial charge in [0.1, 0.15) is 0 Å². The van der Waals surface area contributed by atoms with Crippen LogP contribution in [0.25, 0.3) is 53.6 Å². The Bertz CT molecular complexity index is 3970. The van der Waals surface area contributed by atoms with Gasteiger partial charge in [-0.1, -0.05) is 182 Å². The van der Waals surface area contributed by atoms with Gasteiger partial charge in [-0.3, -0.25) is 0 Å². The molecular formula is C68H57BN2S. The molecule has 9 aromatic carbocycles. The number of aryl methyl sites for hydroxylation is 1. The van der Waals surface area contributed by atoms with E-state index in [1.807, 2.05) is 11.3 Å². The van der Waals surface area contributed by atoms with Crippen LogP contribution in [0.4, 0.5) is 28.4 Å². The molecule has 0 saturated heterocycles. The Morgan fingerprint density at radius 2 is 1.10 bits per heavy atom. The highest BCUT2D eigenvalue weighted by Gasteiger charge is 2.56. The van der Waals surface area contributed by atoms with Crippen LogP contribution >= 0.6 is 11.3 Å². The molecule has 0 atom stereocenters. The Hall–Kier alpha value is -7.14. The highest BCUT2D eigenvalue weighted by Crippen LogP contribution is 2.65. The number of fused-ring (bicyclic) bond motifs is 18. The molecule has 72 heavy (non-hydrogen) atoms. The standard InChI is InChI=1S/C68H57BN2S/c1-40-35-49-45-23-18-27-53-63(45)71(57-28-17-16-26-52(57)68(53)50-24-14-12-21-43(50)44-22-13-15-25-51(44)68)69-61(49)59(36-40)70(56-31-29-42(65(2,3)4)37-47(56)41-19-10-9-11-20-41)58-32-30-46-48-38-54-55(39-60(48)72-64(46)62(58)69)67(7,8)34-33-66(54,5)6/h9-32,35-39H,33-34H2,1-8H3. The second-order valence-corrected chi connectivity index (χ2v) is 25.0. The second kappa shape index (κ2) is 14.3. The van der Waals surface area contributed by atoms with Crippen LogP contribution in [0.5, 0.6) is 0 Å². The van der Waals surface area contributed by atoms with Gasteiger partial charge in [-0.2, -0.15) is 0 Å². The number of para-hydroxylation sites is 2. The van der Waals surface area contributed by atoms with E-state index in [2.05, 4.69) is 241 Å². The van der Waals surface area contributed by atoms with E-state index in [-0.39, 0.29) is 23.1 Å². The van der Waals surface area contributed by atoms with Gasteiger partial charge in [0.15, 0.2) is 0 Å². The molecule has 0 saturated carbocycles. The number of hydrogen-bond acceptors (Lipinski definition) is 3. The Labute approximate surface area is 428 Å². The van der Waals surface area contributed by atoms with E-state index < -0.39 is 5.41 Å². The summed E-state index contributed by atoms with van der Waals surface area (Å²) in [6, 6.07) is 68.7. The van der Waals surface area contributed by atoms with Gasteiger partial charge in [0.05, 0.1) is 11.1 Å². The van der Waals surface area contributed by atoms with Crippen molar-refractivity contribution in [1.29, 1.82) is 0 Å². The van der Waals surface area contributed by atoms with Crippen molar-refractivity contribution in [1.82, 2.24) is 0 Å². The lowest BCUT2D eigenvalue weighted by Crippen LogP contribution is -2.63. The van der Waals surface area contributed by atoms with E-state index in [1.165, 1.54) is 150 Å². The highest BCUT2D eigenvalue weighted by molar-refractivity contribution is 7.27. The minimum absolute atomic E-state index is 0.0260. The number of hydrogen-bond donors (Lipinski definition) is 0. The van der Waals surface area contributed by atoms with Crippen LogP contribution in [0.15, 0.2) is 176 Å². The van der Waals surface area contributed by atoms with Crippen molar-refractivity contribution in [2.45, 2.75) is 89.9 Å². The number of benzene rings is 9. The molecule has 0 radical (unpaired) electrons. The van der Waals surface area contributed by atoms with Crippen molar-refractivity contribution in [2.75, 3.05) is 9.71 Å².